The second-order valence-corrected chi connectivity index (χ2v) is 13.5. The number of nitrogens with zero attached hydrogens (tertiary/aromatic N) is 2. The predicted octanol–water partition coefficient (Wildman–Crippen LogP) is 5.93. The van der Waals surface area contributed by atoms with E-state index >= 15 is 0 Å². The molecule has 1 unspecified atom stereocenters. The number of benzene rings is 3. The van der Waals surface area contributed by atoms with Crippen LogP contribution in [0.4, 0.5) is 5.69 Å². The number of halogens is 2. The zero-order valence-electron chi connectivity index (χ0n) is 25.1. The van der Waals surface area contributed by atoms with Crippen LogP contribution in [0.25, 0.3) is 0 Å². The SMILES string of the molecule is CCC(C(=O)NC(C)(C)C)N(Cc1ccc(Cl)cc1Cl)C(=O)CN(c1ccccc1)S(=O)(=O)c1ccc(OC)c(OC)c1. The van der Waals surface area contributed by atoms with Crippen LogP contribution in [0.2, 0.25) is 10.0 Å². The zero-order chi connectivity index (χ0) is 31.9. The topological polar surface area (TPSA) is 105 Å². The Kier molecular flexibility index (Phi) is 11.3. The molecule has 0 saturated heterocycles. The summed E-state index contributed by atoms with van der Waals surface area (Å²) < 4.78 is 39.8. The van der Waals surface area contributed by atoms with Crippen LogP contribution < -0.4 is 19.1 Å². The average molecular weight is 651 g/mol. The number of rotatable bonds is 12. The molecular formula is C31H37Cl2N3O6S. The van der Waals surface area contributed by atoms with Crippen molar-refractivity contribution < 1.29 is 27.5 Å². The molecule has 43 heavy (non-hydrogen) atoms. The monoisotopic (exact) mass is 649 g/mol. The van der Waals surface area contributed by atoms with Crippen molar-refractivity contribution in [2.75, 3.05) is 25.1 Å². The predicted molar refractivity (Wildman–Crippen MR) is 170 cm³/mol. The summed E-state index contributed by atoms with van der Waals surface area (Å²) in [7, 11) is -1.45. The first-order chi connectivity index (χ1) is 20.2. The van der Waals surface area contributed by atoms with Crippen molar-refractivity contribution in [1.82, 2.24) is 10.2 Å². The van der Waals surface area contributed by atoms with Crippen LogP contribution in [0, 0.1) is 0 Å². The van der Waals surface area contributed by atoms with E-state index < -0.39 is 34.1 Å². The van der Waals surface area contributed by atoms with E-state index in [4.69, 9.17) is 32.7 Å². The maximum atomic E-state index is 14.2. The van der Waals surface area contributed by atoms with Crippen molar-refractivity contribution in [2.24, 2.45) is 0 Å². The van der Waals surface area contributed by atoms with Crippen LogP contribution in [0.3, 0.4) is 0 Å². The van der Waals surface area contributed by atoms with E-state index in [-0.39, 0.29) is 35.2 Å². The molecule has 0 aromatic heterocycles. The minimum absolute atomic E-state index is 0.0516. The van der Waals surface area contributed by atoms with E-state index in [9.17, 15) is 18.0 Å². The minimum atomic E-state index is -4.30. The largest absolute Gasteiger partial charge is 0.493 e. The smallest absolute Gasteiger partial charge is 0.264 e. The molecule has 12 heteroatoms. The molecule has 0 heterocycles. The van der Waals surface area contributed by atoms with Gasteiger partial charge in [0.05, 0.1) is 24.8 Å². The Labute approximate surface area is 263 Å². The summed E-state index contributed by atoms with van der Waals surface area (Å²) in [4.78, 5) is 28.9. The Morgan fingerprint density at radius 1 is 0.930 bits per heavy atom. The summed E-state index contributed by atoms with van der Waals surface area (Å²) in [5, 5.41) is 3.67. The Hall–Kier alpha value is -3.47. The zero-order valence-corrected chi connectivity index (χ0v) is 27.4. The lowest BCUT2D eigenvalue weighted by atomic mass is 10.1. The number of ether oxygens (including phenoxy) is 2. The molecule has 0 saturated carbocycles. The quantitative estimate of drug-likeness (QED) is 0.261. The van der Waals surface area contributed by atoms with Crippen LogP contribution >= 0.6 is 23.2 Å². The van der Waals surface area contributed by atoms with Gasteiger partial charge in [-0.05, 0) is 69.2 Å². The van der Waals surface area contributed by atoms with Crippen molar-refractivity contribution in [3.8, 4) is 11.5 Å². The first kappa shape index (κ1) is 34.0. The van der Waals surface area contributed by atoms with Gasteiger partial charge in [0.2, 0.25) is 11.8 Å². The molecule has 2 amide bonds. The van der Waals surface area contributed by atoms with E-state index in [1.54, 1.807) is 55.5 Å². The summed E-state index contributed by atoms with van der Waals surface area (Å²) in [6, 6.07) is 16.4. The molecule has 1 atom stereocenters. The number of carbonyl (C=O) groups is 2. The van der Waals surface area contributed by atoms with Gasteiger partial charge in [-0.25, -0.2) is 8.42 Å². The summed E-state index contributed by atoms with van der Waals surface area (Å²) in [5.41, 5.74) is 0.252. The lowest BCUT2D eigenvalue weighted by molar-refractivity contribution is -0.141. The molecule has 0 spiro atoms. The number of methoxy groups -OCH3 is 2. The highest BCUT2D eigenvalue weighted by Gasteiger charge is 2.35. The summed E-state index contributed by atoms with van der Waals surface area (Å²) in [6.07, 6.45) is 0.270. The third-order valence-corrected chi connectivity index (χ3v) is 8.86. The van der Waals surface area contributed by atoms with Crippen molar-refractivity contribution in [3.63, 3.8) is 0 Å². The molecule has 0 aliphatic carbocycles. The number of carbonyl (C=O) groups excluding carboxylic acids is 2. The highest BCUT2D eigenvalue weighted by Crippen LogP contribution is 2.32. The Morgan fingerprint density at radius 2 is 1.58 bits per heavy atom. The molecule has 0 bridgehead atoms. The highest BCUT2D eigenvalue weighted by molar-refractivity contribution is 7.92. The molecule has 9 nitrogen and oxygen atoms in total. The average Bonchev–Trinajstić information content (AvgIpc) is 2.95. The van der Waals surface area contributed by atoms with Gasteiger partial charge in [0.15, 0.2) is 11.5 Å². The fourth-order valence-corrected chi connectivity index (χ4v) is 6.33. The van der Waals surface area contributed by atoms with Gasteiger partial charge in [-0.1, -0.05) is 54.4 Å². The van der Waals surface area contributed by atoms with E-state index in [1.165, 1.54) is 37.3 Å². The Bertz CT molecular complexity index is 1540. The second kappa shape index (κ2) is 14.3. The molecule has 232 valence electrons. The maximum absolute atomic E-state index is 14.2. The van der Waals surface area contributed by atoms with Crippen LogP contribution in [0.1, 0.15) is 39.7 Å². The molecule has 0 aliphatic heterocycles. The number of nitrogens with one attached hydrogen (secondary N) is 1. The van der Waals surface area contributed by atoms with Crippen molar-refractivity contribution >= 4 is 50.7 Å². The summed E-state index contributed by atoms with van der Waals surface area (Å²) in [5.74, 6) is -0.408. The van der Waals surface area contributed by atoms with Gasteiger partial charge in [-0.15, -0.1) is 0 Å². The van der Waals surface area contributed by atoms with Gasteiger partial charge in [-0.3, -0.25) is 13.9 Å². The van der Waals surface area contributed by atoms with Gasteiger partial charge >= 0.3 is 0 Å². The molecule has 3 rings (SSSR count). The van der Waals surface area contributed by atoms with Gasteiger partial charge in [-0.2, -0.15) is 0 Å². The van der Waals surface area contributed by atoms with Crippen LogP contribution in [-0.2, 0) is 26.2 Å². The third kappa shape index (κ3) is 8.55. The molecule has 0 aliphatic rings. The maximum Gasteiger partial charge on any atom is 0.264 e. The van der Waals surface area contributed by atoms with Gasteiger partial charge in [0.1, 0.15) is 12.6 Å². The lowest BCUT2D eigenvalue weighted by Crippen LogP contribution is -2.55. The second-order valence-electron chi connectivity index (χ2n) is 10.8. The van der Waals surface area contributed by atoms with Crippen LogP contribution in [0.5, 0.6) is 11.5 Å². The Balaban J connectivity index is 2.11. The van der Waals surface area contributed by atoms with Crippen LogP contribution in [0.15, 0.2) is 71.6 Å². The van der Waals surface area contributed by atoms with E-state index in [1.807, 2.05) is 20.8 Å². The minimum Gasteiger partial charge on any atom is -0.493 e. The van der Waals surface area contributed by atoms with Gasteiger partial charge < -0.3 is 19.7 Å². The lowest BCUT2D eigenvalue weighted by Gasteiger charge is -2.35. The molecule has 3 aromatic rings. The van der Waals surface area contributed by atoms with Gasteiger partial charge in [0, 0.05) is 28.2 Å². The van der Waals surface area contributed by atoms with Crippen molar-refractivity contribution in [1.29, 1.82) is 0 Å². The number of hydrogen-bond acceptors (Lipinski definition) is 6. The number of para-hydroxylation sites is 1. The first-order valence-electron chi connectivity index (χ1n) is 13.6. The highest BCUT2D eigenvalue weighted by atomic mass is 35.5. The molecular weight excluding hydrogens is 613 g/mol. The van der Waals surface area contributed by atoms with Crippen LogP contribution in [-0.4, -0.2) is 57.5 Å². The first-order valence-corrected chi connectivity index (χ1v) is 15.8. The molecule has 0 fully saturated rings. The van der Waals surface area contributed by atoms with E-state index in [0.29, 0.717) is 21.4 Å². The fraction of sp³-hybridized carbons (Fsp3) is 0.355. The summed E-state index contributed by atoms with van der Waals surface area (Å²) >= 11 is 12.6. The standard InChI is InChI=1S/C31H37Cl2N3O6S/c1-7-26(30(38)34-31(2,3)4)35(19-21-13-14-22(32)17-25(21)33)29(37)20-36(23-11-9-8-10-12-23)43(39,40)24-15-16-27(41-5)28(18-24)42-6/h8-18,26H,7,19-20H2,1-6H3,(H,34,38). The van der Waals surface area contributed by atoms with Crippen molar-refractivity contribution in [2.45, 2.75) is 57.1 Å². The number of amides is 2. The normalized spacial score (nSPS) is 12.3. The Morgan fingerprint density at radius 3 is 2.14 bits per heavy atom. The molecule has 3 aromatic carbocycles. The summed E-state index contributed by atoms with van der Waals surface area (Å²) in [6.45, 7) is 6.66. The third-order valence-electron chi connectivity index (χ3n) is 6.51. The molecule has 0 radical (unpaired) electrons. The fourth-order valence-electron chi connectivity index (χ4n) is 4.43. The number of anilines is 1. The van der Waals surface area contributed by atoms with E-state index in [0.717, 1.165) is 4.31 Å². The molecule has 1 N–H and O–H groups in total. The van der Waals surface area contributed by atoms with Crippen molar-refractivity contribution in [3.05, 3.63) is 82.3 Å². The van der Waals surface area contributed by atoms with E-state index in [2.05, 4.69) is 5.32 Å². The number of sulfonamides is 1. The number of hydrogen-bond donors (Lipinski definition) is 1. The van der Waals surface area contributed by atoms with Gasteiger partial charge in [0.25, 0.3) is 10.0 Å².